The Labute approximate surface area is 110 Å². The average molecular weight is 265 g/mol. The Kier molecular flexibility index (Phi) is 2.38. The van der Waals surface area contributed by atoms with Gasteiger partial charge in [-0.05, 0) is 32.9 Å². The maximum Gasteiger partial charge on any atom is 0.356 e. The van der Waals surface area contributed by atoms with E-state index in [1.165, 1.54) is 6.08 Å². The minimum atomic E-state index is -0.815. The van der Waals surface area contributed by atoms with E-state index in [2.05, 4.69) is 5.16 Å². The molecule has 3 aliphatic rings. The van der Waals surface area contributed by atoms with Crippen LogP contribution < -0.4 is 0 Å². The van der Waals surface area contributed by atoms with Gasteiger partial charge in [-0.15, -0.1) is 0 Å². The Morgan fingerprint density at radius 1 is 1.53 bits per heavy atom. The molecule has 1 spiro atoms. The fourth-order valence-electron chi connectivity index (χ4n) is 2.27. The highest BCUT2D eigenvalue weighted by Gasteiger charge is 2.63. The SMILES string of the molecule is CC(C)(C)OC(=O)C1=NO[C@]2(C=CC(=O)[C@@H]3O[C@@H]32)C1. The molecular weight excluding hydrogens is 250 g/mol. The topological polar surface area (TPSA) is 77.5 Å². The normalized spacial score (nSPS) is 35.7. The van der Waals surface area contributed by atoms with Crippen molar-refractivity contribution in [3.8, 4) is 0 Å². The summed E-state index contributed by atoms with van der Waals surface area (Å²) in [6.07, 6.45) is 2.55. The van der Waals surface area contributed by atoms with E-state index in [1.54, 1.807) is 26.8 Å². The Morgan fingerprint density at radius 2 is 2.26 bits per heavy atom. The number of ether oxygens (including phenoxy) is 2. The summed E-state index contributed by atoms with van der Waals surface area (Å²) in [5.74, 6) is -0.559. The van der Waals surface area contributed by atoms with Gasteiger partial charge in [0.05, 0.1) is 0 Å². The highest BCUT2D eigenvalue weighted by Crippen LogP contribution is 2.45. The van der Waals surface area contributed by atoms with Gasteiger partial charge in [-0.1, -0.05) is 5.16 Å². The van der Waals surface area contributed by atoms with Crippen molar-refractivity contribution >= 4 is 17.5 Å². The van der Waals surface area contributed by atoms with Crippen LogP contribution in [0.25, 0.3) is 0 Å². The van der Waals surface area contributed by atoms with Crippen molar-refractivity contribution in [2.24, 2.45) is 5.16 Å². The predicted molar refractivity (Wildman–Crippen MR) is 64.5 cm³/mol. The molecule has 0 saturated carbocycles. The van der Waals surface area contributed by atoms with Crippen LogP contribution in [-0.2, 0) is 23.9 Å². The van der Waals surface area contributed by atoms with Crippen molar-refractivity contribution < 1.29 is 23.9 Å². The first kappa shape index (κ1) is 12.3. The summed E-state index contributed by atoms with van der Waals surface area (Å²) in [5, 5.41) is 3.80. The fraction of sp³-hybridized carbons (Fsp3) is 0.615. The molecule has 19 heavy (non-hydrogen) atoms. The molecule has 1 saturated heterocycles. The maximum absolute atomic E-state index is 11.9. The molecule has 0 aromatic carbocycles. The molecule has 0 unspecified atom stereocenters. The largest absolute Gasteiger partial charge is 0.455 e. The van der Waals surface area contributed by atoms with Crippen LogP contribution in [0.3, 0.4) is 0 Å². The van der Waals surface area contributed by atoms with Gasteiger partial charge in [-0.3, -0.25) is 4.79 Å². The lowest BCUT2D eigenvalue weighted by Gasteiger charge is -2.22. The number of hydrogen-bond acceptors (Lipinski definition) is 6. The van der Waals surface area contributed by atoms with Gasteiger partial charge in [0.25, 0.3) is 0 Å². The minimum absolute atomic E-state index is 0.0649. The third kappa shape index (κ3) is 2.06. The van der Waals surface area contributed by atoms with E-state index in [4.69, 9.17) is 14.3 Å². The third-order valence-corrected chi connectivity index (χ3v) is 3.19. The van der Waals surface area contributed by atoms with Crippen LogP contribution in [0.2, 0.25) is 0 Å². The highest BCUT2D eigenvalue weighted by molar-refractivity contribution is 6.37. The van der Waals surface area contributed by atoms with Crippen molar-refractivity contribution in [1.29, 1.82) is 0 Å². The Bertz CT molecular complexity index is 516. The highest BCUT2D eigenvalue weighted by atomic mass is 16.7. The number of carbonyl (C=O) groups is 2. The zero-order valence-corrected chi connectivity index (χ0v) is 11.0. The molecule has 6 nitrogen and oxygen atoms in total. The minimum Gasteiger partial charge on any atom is -0.455 e. The van der Waals surface area contributed by atoms with Crippen molar-refractivity contribution in [2.45, 2.75) is 50.6 Å². The lowest BCUT2D eigenvalue weighted by molar-refractivity contribution is -0.146. The van der Waals surface area contributed by atoms with E-state index in [1.807, 2.05) is 0 Å². The standard InChI is InChI=1S/C13H15NO5/c1-12(2,3)18-11(16)7-6-13(19-14-7)5-4-8(15)9-10(13)17-9/h4-5,9-10H,6H2,1-3H3/t9-,10-,13+/m0/s1. The average Bonchev–Trinajstić information content (AvgIpc) is 2.99. The Balaban J connectivity index is 1.72. The molecule has 3 atom stereocenters. The van der Waals surface area contributed by atoms with E-state index in [0.717, 1.165) is 0 Å². The summed E-state index contributed by atoms with van der Waals surface area (Å²) in [7, 11) is 0. The smallest absolute Gasteiger partial charge is 0.356 e. The summed E-state index contributed by atoms with van der Waals surface area (Å²) in [5.41, 5.74) is -1.17. The van der Waals surface area contributed by atoms with Crippen LogP contribution in [0.4, 0.5) is 0 Å². The van der Waals surface area contributed by atoms with Gasteiger partial charge in [0, 0.05) is 6.42 Å². The molecule has 2 heterocycles. The number of fused-ring (bicyclic) bond motifs is 2. The van der Waals surface area contributed by atoms with E-state index >= 15 is 0 Å². The van der Waals surface area contributed by atoms with Gasteiger partial charge < -0.3 is 14.3 Å². The number of ketones is 1. The van der Waals surface area contributed by atoms with Crippen LogP contribution >= 0.6 is 0 Å². The second kappa shape index (κ2) is 3.66. The van der Waals surface area contributed by atoms with Crippen LogP contribution in [-0.4, -0.2) is 40.9 Å². The van der Waals surface area contributed by atoms with Crippen molar-refractivity contribution in [2.75, 3.05) is 0 Å². The van der Waals surface area contributed by atoms with Gasteiger partial charge in [-0.25, -0.2) is 4.79 Å². The monoisotopic (exact) mass is 265 g/mol. The summed E-state index contributed by atoms with van der Waals surface area (Å²) in [6, 6.07) is 0. The Hall–Kier alpha value is -1.69. The molecule has 2 aliphatic heterocycles. The second-order valence-corrected chi connectivity index (χ2v) is 5.98. The van der Waals surface area contributed by atoms with Gasteiger partial charge >= 0.3 is 5.97 Å². The van der Waals surface area contributed by atoms with Gasteiger partial charge in [0.15, 0.2) is 23.2 Å². The number of rotatable bonds is 1. The molecule has 0 bridgehead atoms. The molecule has 3 rings (SSSR count). The molecular formula is C13H15NO5. The molecule has 102 valence electrons. The predicted octanol–water partition coefficient (Wildman–Crippen LogP) is 0.749. The number of nitrogens with zero attached hydrogens (tertiary/aromatic N) is 1. The summed E-state index contributed by atoms with van der Waals surface area (Å²) in [4.78, 5) is 28.6. The third-order valence-electron chi connectivity index (χ3n) is 3.19. The molecule has 0 aromatic heterocycles. The first-order valence-electron chi connectivity index (χ1n) is 6.18. The van der Waals surface area contributed by atoms with Gasteiger partial charge in [0.1, 0.15) is 11.7 Å². The number of oxime groups is 1. The number of hydrogen-bond donors (Lipinski definition) is 0. The molecule has 0 aromatic rings. The van der Waals surface area contributed by atoms with Crippen molar-refractivity contribution in [1.82, 2.24) is 0 Å². The molecule has 1 aliphatic carbocycles. The second-order valence-electron chi connectivity index (χ2n) is 5.98. The molecule has 0 N–H and O–H groups in total. The number of carbonyl (C=O) groups excluding carboxylic acids is 2. The molecule has 6 heteroatoms. The molecule has 0 amide bonds. The van der Waals surface area contributed by atoms with Crippen LogP contribution in [0.1, 0.15) is 27.2 Å². The first-order chi connectivity index (χ1) is 8.81. The van der Waals surface area contributed by atoms with Crippen molar-refractivity contribution in [3.05, 3.63) is 12.2 Å². The zero-order valence-electron chi connectivity index (χ0n) is 11.0. The van der Waals surface area contributed by atoms with E-state index in [9.17, 15) is 9.59 Å². The van der Waals surface area contributed by atoms with Crippen molar-refractivity contribution in [3.63, 3.8) is 0 Å². The van der Waals surface area contributed by atoms with Crippen LogP contribution in [0.5, 0.6) is 0 Å². The lowest BCUT2D eigenvalue weighted by Crippen LogP contribution is -2.40. The first-order valence-corrected chi connectivity index (χ1v) is 6.18. The van der Waals surface area contributed by atoms with Crippen LogP contribution in [0, 0.1) is 0 Å². The zero-order chi connectivity index (χ0) is 13.8. The van der Waals surface area contributed by atoms with E-state index in [0.29, 0.717) is 0 Å². The van der Waals surface area contributed by atoms with Gasteiger partial charge in [-0.2, -0.15) is 0 Å². The van der Waals surface area contributed by atoms with E-state index in [-0.39, 0.29) is 24.0 Å². The lowest BCUT2D eigenvalue weighted by atomic mass is 9.86. The Morgan fingerprint density at radius 3 is 2.95 bits per heavy atom. The summed E-state index contributed by atoms with van der Waals surface area (Å²) >= 11 is 0. The van der Waals surface area contributed by atoms with E-state index < -0.39 is 23.3 Å². The molecule has 0 radical (unpaired) electrons. The maximum atomic E-state index is 11.9. The molecule has 1 fully saturated rings. The number of epoxide rings is 1. The quantitative estimate of drug-likeness (QED) is 0.516. The summed E-state index contributed by atoms with van der Waals surface area (Å²) < 4.78 is 10.5. The number of esters is 1. The van der Waals surface area contributed by atoms with Crippen LogP contribution in [0.15, 0.2) is 17.3 Å². The fourth-order valence-corrected chi connectivity index (χ4v) is 2.27. The van der Waals surface area contributed by atoms with Gasteiger partial charge in [0.2, 0.25) is 0 Å². The summed E-state index contributed by atoms with van der Waals surface area (Å²) in [6.45, 7) is 5.36.